The summed E-state index contributed by atoms with van der Waals surface area (Å²) in [4.78, 5) is 8.69. The molecule has 1 unspecified atom stereocenters. The van der Waals surface area contributed by atoms with Gasteiger partial charge in [0.25, 0.3) is 0 Å². The van der Waals surface area contributed by atoms with Gasteiger partial charge in [-0.05, 0) is 30.5 Å². The Morgan fingerprint density at radius 2 is 2.03 bits per heavy atom. The molecule has 11 heteroatoms. The fourth-order valence-electron chi connectivity index (χ4n) is 3.24. The summed E-state index contributed by atoms with van der Waals surface area (Å²) in [5, 5.41) is 11.0. The molecule has 0 aliphatic carbocycles. The van der Waals surface area contributed by atoms with Gasteiger partial charge in [-0.1, -0.05) is 12.1 Å². The molecule has 1 aromatic heterocycles. The van der Waals surface area contributed by atoms with E-state index in [0.717, 1.165) is 36.4 Å². The smallest absolute Gasteiger partial charge is 0.377 e. The Morgan fingerprint density at radius 3 is 2.67 bits per heavy atom. The molecule has 1 aliphatic heterocycles. The van der Waals surface area contributed by atoms with E-state index in [9.17, 15) is 13.2 Å². The van der Waals surface area contributed by atoms with Crippen LogP contribution in [0.3, 0.4) is 0 Å². The lowest BCUT2D eigenvalue weighted by molar-refractivity contribution is -0.137. The molecule has 0 fully saturated rings. The van der Waals surface area contributed by atoms with E-state index in [2.05, 4.69) is 25.7 Å². The van der Waals surface area contributed by atoms with E-state index in [-0.39, 0.29) is 30.0 Å². The van der Waals surface area contributed by atoms with Crippen molar-refractivity contribution in [1.29, 1.82) is 0 Å². The number of methoxy groups -OCH3 is 1. The number of alkyl halides is 3. The number of hydrogen-bond donors (Lipinski definition) is 2. The number of nitrogens with zero attached hydrogens (tertiary/aromatic N) is 4. The molecule has 0 saturated heterocycles. The first-order valence-electron chi connectivity index (χ1n) is 9.44. The summed E-state index contributed by atoms with van der Waals surface area (Å²) >= 11 is 0. The van der Waals surface area contributed by atoms with Crippen LogP contribution in [-0.2, 0) is 36.9 Å². The zero-order valence-corrected chi connectivity index (χ0v) is 19.2. The minimum absolute atomic E-state index is 0. The summed E-state index contributed by atoms with van der Waals surface area (Å²) in [6, 6.07) is 5.39. The van der Waals surface area contributed by atoms with Crippen molar-refractivity contribution in [1.82, 2.24) is 25.4 Å². The topological polar surface area (TPSA) is 76.4 Å². The molecule has 0 amide bonds. The van der Waals surface area contributed by atoms with Gasteiger partial charge in [0.05, 0.1) is 12.1 Å². The van der Waals surface area contributed by atoms with Crippen molar-refractivity contribution >= 4 is 29.9 Å². The number of guanidine groups is 1. The third-order valence-electron chi connectivity index (χ3n) is 4.73. The second-order valence-corrected chi connectivity index (χ2v) is 6.88. The average molecular weight is 538 g/mol. The van der Waals surface area contributed by atoms with Gasteiger partial charge in [-0.2, -0.15) is 18.3 Å². The Balaban J connectivity index is 0.00000320. The zero-order valence-electron chi connectivity index (χ0n) is 16.9. The monoisotopic (exact) mass is 538 g/mol. The fraction of sp³-hybridized carbons (Fsp3) is 0.526. The van der Waals surface area contributed by atoms with Gasteiger partial charge in [-0.3, -0.25) is 4.99 Å². The predicted octanol–water partition coefficient (Wildman–Crippen LogP) is 2.78. The SMILES string of the molecule is CN=C(NCCc1ccc(C(F)(F)F)cc1)NC1CCc2nc(COC)nn2C1.I. The van der Waals surface area contributed by atoms with Gasteiger partial charge >= 0.3 is 6.18 Å². The van der Waals surface area contributed by atoms with Gasteiger partial charge < -0.3 is 15.4 Å². The van der Waals surface area contributed by atoms with Gasteiger partial charge in [-0.15, -0.1) is 24.0 Å². The van der Waals surface area contributed by atoms with Gasteiger partial charge in [0.2, 0.25) is 0 Å². The number of fused-ring (bicyclic) bond motifs is 1. The van der Waals surface area contributed by atoms with E-state index >= 15 is 0 Å². The molecular weight excluding hydrogens is 512 g/mol. The van der Waals surface area contributed by atoms with Gasteiger partial charge in [-0.25, -0.2) is 9.67 Å². The molecule has 166 valence electrons. The molecule has 3 rings (SSSR count). The molecule has 30 heavy (non-hydrogen) atoms. The fourth-order valence-corrected chi connectivity index (χ4v) is 3.24. The number of nitrogens with one attached hydrogen (secondary N) is 2. The number of aromatic nitrogens is 3. The van der Waals surface area contributed by atoms with Crippen LogP contribution in [0.2, 0.25) is 0 Å². The molecule has 1 atom stereocenters. The van der Waals surface area contributed by atoms with Crippen LogP contribution in [0.5, 0.6) is 0 Å². The molecule has 7 nitrogen and oxygen atoms in total. The van der Waals surface area contributed by atoms with Crippen molar-refractivity contribution in [3.63, 3.8) is 0 Å². The molecule has 0 spiro atoms. The van der Waals surface area contributed by atoms with E-state index in [1.807, 2.05) is 4.68 Å². The maximum absolute atomic E-state index is 12.6. The van der Waals surface area contributed by atoms with Crippen molar-refractivity contribution in [3.05, 3.63) is 47.0 Å². The molecule has 0 radical (unpaired) electrons. The molecule has 2 aromatic rings. The second kappa shape index (κ2) is 10.9. The Bertz CT molecular complexity index is 838. The Labute approximate surface area is 190 Å². The quantitative estimate of drug-likeness (QED) is 0.336. The zero-order chi connectivity index (χ0) is 20.9. The summed E-state index contributed by atoms with van der Waals surface area (Å²) in [7, 11) is 3.30. The first-order valence-corrected chi connectivity index (χ1v) is 9.44. The maximum Gasteiger partial charge on any atom is 0.416 e. The number of aliphatic imine (C=N–C) groups is 1. The van der Waals surface area contributed by atoms with E-state index in [0.29, 0.717) is 37.9 Å². The number of aryl methyl sites for hydroxylation is 1. The number of hydrogen-bond acceptors (Lipinski definition) is 4. The number of rotatable bonds is 6. The number of benzene rings is 1. The van der Waals surface area contributed by atoms with Gasteiger partial charge in [0.15, 0.2) is 11.8 Å². The molecule has 1 aromatic carbocycles. The van der Waals surface area contributed by atoms with Crippen molar-refractivity contribution in [3.8, 4) is 0 Å². The minimum atomic E-state index is -4.31. The van der Waals surface area contributed by atoms with Crippen LogP contribution in [0.25, 0.3) is 0 Å². The summed E-state index contributed by atoms with van der Waals surface area (Å²) in [5.74, 6) is 2.30. The van der Waals surface area contributed by atoms with E-state index in [1.165, 1.54) is 12.1 Å². The van der Waals surface area contributed by atoms with Crippen LogP contribution in [0.4, 0.5) is 13.2 Å². The highest BCUT2D eigenvalue weighted by Gasteiger charge is 2.29. The largest absolute Gasteiger partial charge is 0.416 e. The Kier molecular flexibility index (Phi) is 8.89. The van der Waals surface area contributed by atoms with Gasteiger partial charge in [0, 0.05) is 33.2 Å². The Hall–Kier alpha value is -1.89. The number of ether oxygens (including phenoxy) is 1. The van der Waals surface area contributed by atoms with Crippen LogP contribution in [-0.4, -0.2) is 47.5 Å². The van der Waals surface area contributed by atoms with E-state index in [4.69, 9.17) is 4.74 Å². The lowest BCUT2D eigenvalue weighted by atomic mass is 10.1. The van der Waals surface area contributed by atoms with Crippen LogP contribution < -0.4 is 10.6 Å². The summed E-state index contributed by atoms with van der Waals surface area (Å²) in [6.45, 7) is 1.64. The highest BCUT2D eigenvalue weighted by molar-refractivity contribution is 14.0. The van der Waals surface area contributed by atoms with Crippen LogP contribution >= 0.6 is 24.0 Å². The highest BCUT2D eigenvalue weighted by atomic mass is 127. The summed E-state index contributed by atoms with van der Waals surface area (Å²) < 4.78 is 44.9. The van der Waals surface area contributed by atoms with Crippen molar-refractivity contribution in [2.24, 2.45) is 4.99 Å². The predicted molar refractivity (Wildman–Crippen MR) is 118 cm³/mol. The molecule has 0 bridgehead atoms. The van der Waals surface area contributed by atoms with E-state index < -0.39 is 11.7 Å². The van der Waals surface area contributed by atoms with Crippen LogP contribution in [0.1, 0.15) is 29.2 Å². The first kappa shape index (κ1) is 24.4. The van der Waals surface area contributed by atoms with Crippen molar-refractivity contribution < 1.29 is 17.9 Å². The normalized spacial score (nSPS) is 16.6. The summed E-state index contributed by atoms with van der Waals surface area (Å²) in [6.07, 6.45) is -1.99. The second-order valence-electron chi connectivity index (χ2n) is 6.88. The molecule has 2 heterocycles. The molecule has 2 N–H and O–H groups in total. The lowest BCUT2D eigenvalue weighted by Crippen LogP contribution is -2.47. The lowest BCUT2D eigenvalue weighted by Gasteiger charge is -2.25. The summed E-state index contributed by atoms with van der Waals surface area (Å²) in [5.41, 5.74) is 0.196. The molecule has 1 aliphatic rings. The standard InChI is InChI=1S/C19H25F3N6O.HI/c1-23-18(24-10-9-13-3-5-14(6-4-13)19(20,21)22)25-15-7-8-17-26-16(12-29-2)27-28(17)11-15;/h3-6,15H,7-12H2,1-2H3,(H2,23,24,25);1H. The van der Waals surface area contributed by atoms with Crippen LogP contribution in [0, 0.1) is 0 Å². The van der Waals surface area contributed by atoms with Crippen molar-refractivity contribution in [2.75, 3.05) is 20.7 Å². The first-order chi connectivity index (χ1) is 13.9. The molecule has 0 saturated carbocycles. The molecular formula is C19H26F3IN6O. The van der Waals surface area contributed by atoms with Crippen LogP contribution in [0.15, 0.2) is 29.3 Å². The van der Waals surface area contributed by atoms with Crippen molar-refractivity contribution in [2.45, 2.75) is 44.6 Å². The Morgan fingerprint density at radius 1 is 1.30 bits per heavy atom. The van der Waals surface area contributed by atoms with Gasteiger partial charge in [0.1, 0.15) is 12.4 Å². The highest BCUT2D eigenvalue weighted by Crippen LogP contribution is 2.29. The third kappa shape index (κ3) is 6.56. The van der Waals surface area contributed by atoms with E-state index in [1.54, 1.807) is 14.2 Å². The maximum atomic E-state index is 12.6. The third-order valence-corrected chi connectivity index (χ3v) is 4.73. The number of halogens is 4. The minimum Gasteiger partial charge on any atom is -0.377 e. The average Bonchev–Trinajstić information content (AvgIpc) is 3.09.